The Morgan fingerprint density at radius 2 is 1.87 bits per heavy atom. The number of nitrogens with zero attached hydrogens (tertiary/aromatic N) is 3. The van der Waals surface area contributed by atoms with Crippen molar-refractivity contribution < 1.29 is 9.59 Å². The number of carbonyl (C=O) groups is 2. The first-order valence-corrected chi connectivity index (χ1v) is 10.5. The standard InChI is InChI=1S/C24H27N5O2/c1-28-17-22(15-25-28)26-20-10-5-11-21(14-20)27-24(31)19-9-6-12-29(16-19)23(30)13-18-7-3-2-4-8-18/h2-5,7-8,10-11,14-15,17,19,26H,6,9,12-13,16H2,1H3,(H,27,31)/t19-/m0/s1. The van der Waals surface area contributed by atoms with Gasteiger partial charge in [-0.1, -0.05) is 36.4 Å². The fourth-order valence-corrected chi connectivity index (χ4v) is 3.87. The molecule has 0 spiro atoms. The largest absolute Gasteiger partial charge is 0.353 e. The average molecular weight is 418 g/mol. The highest BCUT2D eigenvalue weighted by molar-refractivity contribution is 5.93. The molecule has 31 heavy (non-hydrogen) atoms. The fraction of sp³-hybridized carbons (Fsp3) is 0.292. The summed E-state index contributed by atoms with van der Waals surface area (Å²) in [6.07, 6.45) is 5.62. The molecule has 3 aromatic rings. The second-order valence-corrected chi connectivity index (χ2v) is 7.94. The first-order chi connectivity index (χ1) is 15.1. The molecule has 0 unspecified atom stereocenters. The van der Waals surface area contributed by atoms with E-state index in [1.54, 1.807) is 10.9 Å². The van der Waals surface area contributed by atoms with Crippen molar-refractivity contribution >= 4 is 28.9 Å². The molecule has 4 rings (SSSR count). The van der Waals surface area contributed by atoms with Gasteiger partial charge in [-0.15, -0.1) is 0 Å². The van der Waals surface area contributed by atoms with Gasteiger partial charge in [0.05, 0.1) is 24.2 Å². The van der Waals surface area contributed by atoms with E-state index >= 15 is 0 Å². The molecule has 1 atom stereocenters. The molecule has 2 aromatic carbocycles. The van der Waals surface area contributed by atoms with E-state index in [9.17, 15) is 9.59 Å². The van der Waals surface area contributed by atoms with Crippen LogP contribution in [0.2, 0.25) is 0 Å². The summed E-state index contributed by atoms with van der Waals surface area (Å²) in [5, 5.41) is 10.4. The third-order valence-electron chi connectivity index (χ3n) is 5.47. The molecule has 7 nitrogen and oxygen atoms in total. The van der Waals surface area contributed by atoms with Crippen molar-refractivity contribution in [2.45, 2.75) is 19.3 Å². The van der Waals surface area contributed by atoms with Crippen LogP contribution in [0.15, 0.2) is 67.0 Å². The third kappa shape index (κ3) is 5.51. The van der Waals surface area contributed by atoms with E-state index in [-0.39, 0.29) is 17.7 Å². The second kappa shape index (κ2) is 9.47. The topological polar surface area (TPSA) is 79.3 Å². The van der Waals surface area contributed by atoms with E-state index in [4.69, 9.17) is 0 Å². The van der Waals surface area contributed by atoms with Gasteiger partial charge in [-0.3, -0.25) is 14.3 Å². The molecule has 2 amide bonds. The van der Waals surface area contributed by atoms with Gasteiger partial charge in [-0.05, 0) is 36.6 Å². The molecule has 0 aliphatic carbocycles. The zero-order valence-electron chi connectivity index (χ0n) is 17.6. The SMILES string of the molecule is Cn1cc(Nc2cccc(NC(=O)[C@H]3CCCN(C(=O)Cc4ccccc4)C3)c2)cn1. The molecule has 1 saturated heterocycles. The van der Waals surface area contributed by atoms with Gasteiger partial charge < -0.3 is 15.5 Å². The normalized spacial score (nSPS) is 16.0. The number of carbonyl (C=O) groups excluding carboxylic acids is 2. The molecule has 0 bridgehead atoms. The van der Waals surface area contributed by atoms with Gasteiger partial charge in [0.25, 0.3) is 0 Å². The molecule has 1 aromatic heterocycles. The first kappa shape index (κ1) is 20.7. The molecular formula is C24H27N5O2. The summed E-state index contributed by atoms with van der Waals surface area (Å²) in [6.45, 7) is 1.17. The number of aryl methyl sites for hydroxylation is 1. The van der Waals surface area contributed by atoms with E-state index in [1.807, 2.05) is 72.7 Å². The van der Waals surface area contributed by atoms with Crippen molar-refractivity contribution in [1.29, 1.82) is 0 Å². The Morgan fingerprint density at radius 3 is 2.65 bits per heavy atom. The van der Waals surface area contributed by atoms with Crippen LogP contribution in [0, 0.1) is 5.92 Å². The number of amides is 2. The molecule has 0 radical (unpaired) electrons. The molecular weight excluding hydrogens is 390 g/mol. The molecule has 2 heterocycles. The predicted octanol–water partition coefficient (Wildman–Crippen LogP) is 3.58. The second-order valence-electron chi connectivity index (χ2n) is 7.94. The highest BCUT2D eigenvalue weighted by Crippen LogP contribution is 2.23. The summed E-state index contributed by atoms with van der Waals surface area (Å²) in [5.41, 5.74) is 3.48. The number of hydrogen-bond acceptors (Lipinski definition) is 4. The maximum atomic E-state index is 12.9. The summed E-state index contributed by atoms with van der Waals surface area (Å²) in [6, 6.07) is 17.3. The summed E-state index contributed by atoms with van der Waals surface area (Å²) in [5.74, 6) is -0.175. The Labute approximate surface area is 182 Å². The number of nitrogens with one attached hydrogen (secondary N) is 2. The van der Waals surface area contributed by atoms with Crippen molar-refractivity contribution in [2.75, 3.05) is 23.7 Å². The first-order valence-electron chi connectivity index (χ1n) is 10.5. The van der Waals surface area contributed by atoms with E-state index in [1.165, 1.54) is 0 Å². The molecule has 1 aliphatic heterocycles. The average Bonchev–Trinajstić information content (AvgIpc) is 3.19. The lowest BCUT2D eigenvalue weighted by atomic mass is 9.96. The van der Waals surface area contributed by atoms with Crippen molar-refractivity contribution in [3.05, 3.63) is 72.6 Å². The summed E-state index contributed by atoms with van der Waals surface area (Å²) in [4.78, 5) is 27.4. The minimum Gasteiger partial charge on any atom is -0.353 e. The van der Waals surface area contributed by atoms with Crippen LogP contribution in [-0.4, -0.2) is 39.6 Å². The number of aromatic nitrogens is 2. The third-order valence-corrected chi connectivity index (χ3v) is 5.47. The lowest BCUT2D eigenvalue weighted by Gasteiger charge is -2.32. The Balaban J connectivity index is 1.35. The van der Waals surface area contributed by atoms with E-state index in [0.717, 1.165) is 35.5 Å². The van der Waals surface area contributed by atoms with E-state index in [0.29, 0.717) is 19.5 Å². The molecule has 2 N–H and O–H groups in total. The maximum Gasteiger partial charge on any atom is 0.229 e. The van der Waals surface area contributed by atoms with Crippen LogP contribution in [0.1, 0.15) is 18.4 Å². The van der Waals surface area contributed by atoms with Crippen LogP contribution in [-0.2, 0) is 23.1 Å². The van der Waals surface area contributed by atoms with Gasteiger partial charge in [-0.2, -0.15) is 5.10 Å². The van der Waals surface area contributed by atoms with Gasteiger partial charge in [0.15, 0.2) is 0 Å². The number of likely N-dealkylation sites (tertiary alicyclic amines) is 1. The minimum atomic E-state index is -0.205. The zero-order valence-corrected chi connectivity index (χ0v) is 17.6. The smallest absolute Gasteiger partial charge is 0.229 e. The highest BCUT2D eigenvalue weighted by atomic mass is 16.2. The number of piperidine rings is 1. The lowest BCUT2D eigenvalue weighted by molar-refractivity contribution is -0.133. The summed E-state index contributed by atoms with van der Waals surface area (Å²) >= 11 is 0. The Morgan fingerprint density at radius 1 is 1.06 bits per heavy atom. The maximum absolute atomic E-state index is 12.9. The number of anilines is 3. The van der Waals surface area contributed by atoms with Gasteiger partial charge in [0, 0.05) is 37.7 Å². The molecule has 160 valence electrons. The van der Waals surface area contributed by atoms with Crippen molar-refractivity contribution in [3.63, 3.8) is 0 Å². The monoisotopic (exact) mass is 417 g/mol. The number of benzene rings is 2. The Bertz CT molecular complexity index is 1050. The van der Waals surface area contributed by atoms with Gasteiger partial charge >= 0.3 is 0 Å². The minimum absolute atomic E-state index is 0.0456. The van der Waals surface area contributed by atoms with Crippen molar-refractivity contribution in [2.24, 2.45) is 13.0 Å². The molecule has 1 aliphatic rings. The van der Waals surface area contributed by atoms with E-state index < -0.39 is 0 Å². The van der Waals surface area contributed by atoms with Crippen LogP contribution in [0.3, 0.4) is 0 Å². The van der Waals surface area contributed by atoms with Crippen LogP contribution in [0.25, 0.3) is 0 Å². The predicted molar refractivity (Wildman–Crippen MR) is 121 cm³/mol. The van der Waals surface area contributed by atoms with Crippen LogP contribution in [0.5, 0.6) is 0 Å². The Hall–Kier alpha value is -3.61. The summed E-state index contributed by atoms with van der Waals surface area (Å²) in [7, 11) is 1.86. The highest BCUT2D eigenvalue weighted by Gasteiger charge is 2.28. The molecule has 0 saturated carbocycles. The summed E-state index contributed by atoms with van der Waals surface area (Å²) < 4.78 is 1.72. The lowest BCUT2D eigenvalue weighted by Crippen LogP contribution is -2.44. The number of hydrogen-bond donors (Lipinski definition) is 2. The van der Waals surface area contributed by atoms with E-state index in [2.05, 4.69) is 15.7 Å². The van der Waals surface area contributed by atoms with Gasteiger partial charge in [0.2, 0.25) is 11.8 Å². The molecule has 7 heteroatoms. The van der Waals surface area contributed by atoms with Crippen LogP contribution < -0.4 is 10.6 Å². The van der Waals surface area contributed by atoms with Crippen molar-refractivity contribution in [3.8, 4) is 0 Å². The Kier molecular flexibility index (Phi) is 6.31. The zero-order chi connectivity index (χ0) is 21.6. The van der Waals surface area contributed by atoms with Crippen LogP contribution in [0.4, 0.5) is 17.1 Å². The van der Waals surface area contributed by atoms with Crippen LogP contribution >= 0.6 is 0 Å². The molecule has 1 fully saturated rings. The quantitative estimate of drug-likeness (QED) is 0.643. The number of rotatable bonds is 6. The van der Waals surface area contributed by atoms with Gasteiger partial charge in [0.1, 0.15) is 0 Å². The van der Waals surface area contributed by atoms with Gasteiger partial charge in [-0.25, -0.2) is 0 Å². The fourth-order valence-electron chi connectivity index (χ4n) is 3.87. The van der Waals surface area contributed by atoms with Crippen molar-refractivity contribution in [1.82, 2.24) is 14.7 Å².